The zero-order valence-electron chi connectivity index (χ0n) is 17.0. The monoisotopic (exact) mass is 406 g/mol. The van der Waals surface area contributed by atoms with Crippen molar-refractivity contribution in [3.8, 4) is 0 Å². The maximum Gasteiger partial charge on any atom is 0.225 e. The number of hydrogen-bond acceptors (Lipinski definition) is 4. The van der Waals surface area contributed by atoms with Gasteiger partial charge in [-0.1, -0.05) is 50.3 Å². The van der Waals surface area contributed by atoms with Gasteiger partial charge >= 0.3 is 0 Å². The van der Waals surface area contributed by atoms with Crippen molar-refractivity contribution in [2.24, 2.45) is 0 Å². The molecule has 2 aliphatic carbocycles. The van der Waals surface area contributed by atoms with Gasteiger partial charge < -0.3 is 5.32 Å². The Hall–Kier alpha value is -1.40. The fourth-order valence-electron chi connectivity index (χ4n) is 4.56. The zero-order chi connectivity index (χ0) is 20.0. The Morgan fingerprint density at radius 2 is 1.68 bits per heavy atom. The number of rotatable bonds is 8. The SMILES string of the molecule is CN(Cc1ccccc1NC(=O)CCS(=O)(=O)C1CCCC1)C1CCCCC1. The largest absolute Gasteiger partial charge is 0.326 e. The van der Waals surface area contributed by atoms with Crippen molar-refractivity contribution in [1.82, 2.24) is 4.90 Å². The smallest absolute Gasteiger partial charge is 0.225 e. The predicted molar refractivity (Wildman–Crippen MR) is 114 cm³/mol. The number of sulfone groups is 1. The summed E-state index contributed by atoms with van der Waals surface area (Å²) in [6.07, 6.45) is 9.91. The molecule has 6 heteroatoms. The summed E-state index contributed by atoms with van der Waals surface area (Å²) in [5.74, 6) is -0.262. The third-order valence-electron chi connectivity index (χ3n) is 6.33. The molecule has 2 saturated carbocycles. The molecule has 0 aromatic heterocycles. The van der Waals surface area contributed by atoms with Gasteiger partial charge in [0.05, 0.1) is 11.0 Å². The summed E-state index contributed by atoms with van der Waals surface area (Å²) in [5.41, 5.74) is 1.89. The Kier molecular flexibility index (Phi) is 7.52. The van der Waals surface area contributed by atoms with Gasteiger partial charge in [-0.05, 0) is 44.4 Å². The Labute approximate surface area is 169 Å². The average Bonchev–Trinajstić information content (AvgIpc) is 3.25. The number of hydrogen-bond donors (Lipinski definition) is 1. The van der Waals surface area contributed by atoms with Gasteiger partial charge in [-0.2, -0.15) is 0 Å². The second-order valence-corrected chi connectivity index (χ2v) is 10.8. The molecular weight excluding hydrogens is 372 g/mol. The molecule has 5 nitrogen and oxygen atoms in total. The summed E-state index contributed by atoms with van der Waals surface area (Å²) in [6.45, 7) is 0.793. The summed E-state index contributed by atoms with van der Waals surface area (Å²) in [5, 5.41) is 2.71. The Bertz CT molecular complexity index is 751. The van der Waals surface area contributed by atoms with Crippen LogP contribution in [0.5, 0.6) is 0 Å². The first-order valence-electron chi connectivity index (χ1n) is 10.8. The molecule has 0 radical (unpaired) electrons. The third-order valence-corrected chi connectivity index (χ3v) is 8.59. The zero-order valence-corrected chi connectivity index (χ0v) is 17.8. The molecular formula is C22H34N2O3S. The molecule has 2 fully saturated rings. The van der Waals surface area contributed by atoms with E-state index in [1.165, 1.54) is 32.1 Å². The van der Waals surface area contributed by atoms with Crippen LogP contribution in [0.1, 0.15) is 69.8 Å². The van der Waals surface area contributed by atoms with Crippen LogP contribution in [0.4, 0.5) is 5.69 Å². The molecule has 0 atom stereocenters. The van der Waals surface area contributed by atoms with E-state index in [1.807, 2.05) is 24.3 Å². The molecule has 0 spiro atoms. The molecule has 1 N–H and O–H groups in total. The van der Waals surface area contributed by atoms with Gasteiger partial charge in [-0.15, -0.1) is 0 Å². The van der Waals surface area contributed by atoms with Gasteiger partial charge in [0, 0.05) is 24.7 Å². The summed E-state index contributed by atoms with van der Waals surface area (Å²) < 4.78 is 24.8. The summed E-state index contributed by atoms with van der Waals surface area (Å²) in [7, 11) is -1.00. The predicted octanol–water partition coefficient (Wildman–Crippen LogP) is 4.14. The van der Waals surface area contributed by atoms with Gasteiger partial charge in [-0.3, -0.25) is 9.69 Å². The molecule has 1 aromatic rings. The number of amides is 1. The lowest BCUT2D eigenvalue weighted by molar-refractivity contribution is -0.115. The number of carbonyl (C=O) groups excluding carboxylic acids is 1. The highest BCUT2D eigenvalue weighted by atomic mass is 32.2. The first-order valence-corrected chi connectivity index (χ1v) is 12.5. The van der Waals surface area contributed by atoms with Crippen LogP contribution < -0.4 is 5.32 Å². The fraction of sp³-hybridized carbons (Fsp3) is 0.682. The van der Waals surface area contributed by atoms with Crippen molar-refractivity contribution in [3.63, 3.8) is 0 Å². The van der Waals surface area contributed by atoms with Crippen molar-refractivity contribution in [2.45, 2.75) is 82.0 Å². The lowest BCUT2D eigenvalue weighted by Crippen LogP contribution is -2.33. The second kappa shape index (κ2) is 9.88. The molecule has 2 aliphatic rings. The Balaban J connectivity index is 1.55. The Morgan fingerprint density at radius 3 is 2.39 bits per heavy atom. The number of para-hydroxylation sites is 1. The van der Waals surface area contributed by atoms with Crippen molar-refractivity contribution in [3.05, 3.63) is 29.8 Å². The number of anilines is 1. The van der Waals surface area contributed by atoms with Gasteiger partial charge in [0.25, 0.3) is 0 Å². The van der Waals surface area contributed by atoms with E-state index in [4.69, 9.17) is 0 Å². The molecule has 0 unspecified atom stereocenters. The van der Waals surface area contributed by atoms with E-state index in [-0.39, 0.29) is 23.3 Å². The molecule has 0 bridgehead atoms. The van der Waals surface area contributed by atoms with E-state index < -0.39 is 9.84 Å². The van der Waals surface area contributed by atoms with Crippen LogP contribution in [0.25, 0.3) is 0 Å². The Morgan fingerprint density at radius 1 is 1.04 bits per heavy atom. The average molecular weight is 407 g/mol. The standard InChI is InChI=1S/C22H34N2O3S/c1-24(19-10-3-2-4-11-19)17-18-9-5-8-14-21(18)23-22(25)15-16-28(26,27)20-12-6-7-13-20/h5,8-9,14,19-20H,2-4,6-7,10-13,15-17H2,1H3,(H,23,25). The van der Waals surface area contributed by atoms with Crippen LogP contribution >= 0.6 is 0 Å². The van der Waals surface area contributed by atoms with Crippen LogP contribution in [-0.4, -0.2) is 43.3 Å². The van der Waals surface area contributed by atoms with E-state index in [0.717, 1.165) is 43.5 Å². The maximum absolute atomic E-state index is 12.4. The first-order chi connectivity index (χ1) is 13.5. The van der Waals surface area contributed by atoms with Crippen molar-refractivity contribution >= 4 is 21.4 Å². The summed E-state index contributed by atoms with van der Waals surface area (Å²) in [4.78, 5) is 14.8. The maximum atomic E-state index is 12.4. The minimum absolute atomic E-state index is 0.0334. The third kappa shape index (κ3) is 5.80. The lowest BCUT2D eigenvalue weighted by atomic mass is 9.94. The fourth-order valence-corrected chi connectivity index (χ4v) is 6.42. The van der Waals surface area contributed by atoms with E-state index in [0.29, 0.717) is 6.04 Å². The molecule has 0 saturated heterocycles. The molecule has 0 heterocycles. The van der Waals surface area contributed by atoms with Crippen LogP contribution in [0.3, 0.4) is 0 Å². The van der Waals surface area contributed by atoms with E-state index in [1.54, 1.807) is 0 Å². The van der Waals surface area contributed by atoms with Crippen molar-refractivity contribution < 1.29 is 13.2 Å². The normalized spacial score (nSPS) is 19.2. The highest BCUT2D eigenvalue weighted by molar-refractivity contribution is 7.92. The van der Waals surface area contributed by atoms with E-state index >= 15 is 0 Å². The molecule has 3 rings (SSSR count). The molecule has 156 valence electrons. The summed E-state index contributed by atoms with van der Waals surface area (Å²) >= 11 is 0. The van der Waals surface area contributed by atoms with Gasteiger partial charge in [-0.25, -0.2) is 8.42 Å². The molecule has 1 aromatic carbocycles. The van der Waals surface area contributed by atoms with Crippen molar-refractivity contribution in [1.29, 1.82) is 0 Å². The molecule has 1 amide bonds. The molecule has 28 heavy (non-hydrogen) atoms. The highest BCUT2D eigenvalue weighted by Gasteiger charge is 2.29. The minimum Gasteiger partial charge on any atom is -0.326 e. The number of nitrogens with one attached hydrogen (secondary N) is 1. The minimum atomic E-state index is -3.16. The number of benzene rings is 1. The van der Waals surface area contributed by atoms with Crippen LogP contribution in [0.15, 0.2) is 24.3 Å². The first kappa shape index (κ1) is 21.3. The number of nitrogens with zero attached hydrogens (tertiary/aromatic N) is 1. The topological polar surface area (TPSA) is 66.5 Å². The molecule has 0 aliphatic heterocycles. The van der Waals surface area contributed by atoms with Crippen LogP contribution in [-0.2, 0) is 21.2 Å². The number of carbonyl (C=O) groups is 1. The summed E-state index contributed by atoms with van der Waals surface area (Å²) in [6, 6.07) is 8.46. The van der Waals surface area contributed by atoms with Crippen molar-refractivity contribution in [2.75, 3.05) is 18.1 Å². The highest BCUT2D eigenvalue weighted by Crippen LogP contribution is 2.26. The van der Waals surface area contributed by atoms with Crippen LogP contribution in [0, 0.1) is 0 Å². The van der Waals surface area contributed by atoms with E-state index in [2.05, 4.69) is 17.3 Å². The van der Waals surface area contributed by atoms with Gasteiger partial charge in [0.1, 0.15) is 0 Å². The van der Waals surface area contributed by atoms with Gasteiger partial charge in [0.2, 0.25) is 5.91 Å². The second-order valence-electron chi connectivity index (χ2n) is 8.44. The quantitative estimate of drug-likeness (QED) is 0.705. The van der Waals surface area contributed by atoms with Crippen LogP contribution in [0.2, 0.25) is 0 Å². The van der Waals surface area contributed by atoms with Gasteiger partial charge in [0.15, 0.2) is 9.84 Å². The lowest BCUT2D eigenvalue weighted by Gasteiger charge is -2.31. The van der Waals surface area contributed by atoms with E-state index in [9.17, 15) is 13.2 Å².